The van der Waals surface area contributed by atoms with E-state index in [0.717, 1.165) is 5.56 Å². The zero-order valence-electron chi connectivity index (χ0n) is 9.10. The van der Waals surface area contributed by atoms with Crippen LogP contribution in [0.2, 0.25) is 0 Å². The Morgan fingerprint density at radius 2 is 2.13 bits per heavy atom. The minimum Gasteiger partial charge on any atom is -0.399 e. The monoisotopic (exact) mass is 207 g/mol. The molecule has 4 heteroatoms. The molecule has 4 N–H and O–H groups in total. The van der Waals surface area contributed by atoms with Crippen LogP contribution in [-0.2, 0) is 6.54 Å². The van der Waals surface area contributed by atoms with Gasteiger partial charge in [0.15, 0.2) is 0 Å². The number of benzene rings is 1. The van der Waals surface area contributed by atoms with Crippen molar-refractivity contribution in [3.63, 3.8) is 0 Å². The van der Waals surface area contributed by atoms with Crippen molar-refractivity contribution in [1.29, 1.82) is 0 Å². The Morgan fingerprint density at radius 1 is 1.47 bits per heavy atom. The Balaban J connectivity index is 2.79. The van der Waals surface area contributed by atoms with Gasteiger partial charge in [-0.25, -0.2) is 4.79 Å². The highest BCUT2D eigenvalue weighted by atomic mass is 16.2. The molecule has 0 saturated carbocycles. The second kappa shape index (κ2) is 4.68. The molecule has 0 aromatic heterocycles. The van der Waals surface area contributed by atoms with Crippen LogP contribution in [0.4, 0.5) is 10.5 Å². The van der Waals surface area contributed by atoms with E-state index in [1.165, 1.54) is 0 Å². The van der Waals surface area contributed by atoms with Crippen LogP contribution < -0.4 is 11.5 Å². The summed E-state index contributed by atoms with van der Waals surface area (Å²) in [7, 11) is 0. The van der Waals surface area contributed by atoms with Crippen molar-refractivity contribution >= 4 is 11.7 Å². The molecule has 82 valence electrons. The number of carbonyl (C=O) groups excluding carboxylic acids is 1. The molecule has 0 spiro atoms. The second-order valence-electron chi connectivity index (χ2n) is 3.80. The third-order valence-electron chi connectivity index (χ3n) is 2.21. The Bertz CT molecular complexity index is 349. The maximum atomic E-state index is 11.1. The molecule has 15 heavy (non-hydrogen) atoms. The van der Waals surface area contributed by atoms with E-state index in [1.807, 2.05) is 38.1 Å². The number of rotatable bonds is 3. The summed E-state index contributed by atoms with van der Waals surface area (Å²) in [4.78, 5) is 12.7. The fourth-order valence-electron chi connectivity index (χ4n) is 1.40. The molecule has 0 aliphatic heterocycles. The molecule has 0 saturated heterocycles. The summed E-state index contributed by atoms with van der Waals surface area (Å²) >= 11 is 0. The first-order valence-electron chi connectivity index (χ1n) is 4.91. The largest absolute Gasteiger partial charge is 0.399 e. The average molecular weight is 207 g/mol. The molecule has 4 nitrogen and oxygen atoms in total. The van der Waals surface area contributed by atoms with Crippen LogP contribution in [0.1, 0.15) is 19.4 Å². The fraction of sp³-hybridized carbons (Fsp3) is 0.364. The molecule has 2 amide bonds. The van der Waals surface area contributed by atoms with E-state index in [4.69, 9.17) is 11.5 Å². The lowest BCUT2D eigenvalue weighted by Gasteiger charge is -2.24. The third-order valence-corrected chi connectivity index (χ3v) is 2.21. The van der Waals surface area contributed by atoms with Gasteiger partial charge in [0.25, 0.3) is 0 Å². The van der Waals surface area contributed by atoms with Gasteiger partial charge in [0, 0.05) is 18.3 Å². The molecule has 1 aromatic rings. The zero-order chi connectivity index (χ0) is 11.4. The van der Waals surface area contributed by atoms with E-state index in [9.17, 15) is 4.79 Å². The van der Waals surface area contributed by atoms with E-state index < -0.39 is 6.03 Å². The van der Waals surface area contributed by atoms with E-state index >= 15 is 0 Å². The molecule has 0 aliphatic rings. The van der Waals surface area contributed by atoms with Gasteiger partial charge in [0.1, 0.15) is 0 Å². The van der Waals surface area contributed by atoms with Crippen LogP contribution in [0.15, 0.2) is 24.3 Å². The molecule has 0 unspecified atom stereocenters. The van der Waals surface area contributed by atoms with Crippen molar-refractivity contribution in [2.45, 2.75) is 26.4 Å². The number of nitrogen functional groups attached to an aromatic ring is 1. The van der Waals surface area contributed by atoms with E-state index in [2.05, 4.69) is 0 Å². The smallest absolute Gasteiger partial charge is 0.315 e. The first kappa shape index (κ1) is 11.4. The Morgan fingerprint density at radius 3 is 2.60 bits per heavy atom. The summed E-state index contributed by atoms with van der Waals surface area (Å²) in [5.74, 6) is 0. The minimum absolute atomic E-state index is 0.0870. The Kier molecular flexibility index (Phi) is 3.55. The number of nitrogens with two attached hydrogens (primary N) is 2. The number of urea groups is 1. The Hall–Kier alpha value is -1.71. The van der Waals surface area contributed by atoms with Gasteiger partial charge in [-0.1, -0.05) is 12.1 Å². The number of carbonyl (C=O) groups is 1. The number of amides is 2. The third kappa shape index (κ3) is 3.16. The Labute approximate surface area is 89.9 Å². The van der Waals surface area contributed by atoms with Gasteiger partial charge in [-0.3, -0.25) is 0 Å². The number of nitrogens with zero attached hydrogens (tertiary/aromatic N) is 1. The molecule has 0 atom stereocenters. The van der Waals surface area contributed by atoms with E-state index in [-0.39, 0.29) is 6.04 Å². The van der Waals surface area contributed by atoms with Gasteiger partial charge >= 0.3 is 6.03 Å². The maximum absolute atomic E-state index is 11.1. The van der Waals surface area contributed by atoms with E-state index in [0.29, 0.717) is 12.2 Å². The van der Waals surface area contributed by atoms with Crippen LogP contribution in [0.3, 0.4) is 0 Å². The fourth-order valence-corrected chi connectivity index (χ4v) is 1.40. The topological polar surface area (TPSA) is 72.3 Å². The van der Waals surface area contributed by atoms with Gasteiger partial charge < -0.3 is 16.4 Å². The summed E-state index contributed by atoms with van der Waals surface area (Å²) < 4.78 is 0. The molecular weight excluding hydrogens is 190 g/mol. The molecule has 0 fully saturated rings. The number of hydrogen-bond acceptors (Lipinski definition) is 2. The van der Waals surface area contributed by atoms with Gasteiger partial charge in [0.2, 0.25) is 0 Å². The summed E-state index contributed by atoms with van der Waals surface area (Å²) in [5.41, 5.74) is 12.6. The zero-order valence-corrected chi connectivity index (χ0v) is 9.10. The van der Waals surface area contributed by atoms with Crippen molar-refractivity contribution in [2.75, 3.05) is 5.73 Å². The van der Waals surface area contributed by atoms with Crippen molar-refractivity contribution < 1.29 is 4.79 Å². The first-order chi connectivity index (χ1) is 7.00. The SMILES string of the molecule is CC(C)N(Cc1cccc(N)c1)C(N)=O. The van der Waals surface area contributed by atoms with E-state index in [1.54, 1.807) is 4.90 Å². The predicted octanol–water partition coefficient (Wildman–Crippen LogP) is 1.56. The highest BCUT2D eigenvalue weighted by Gasteiger charge is 2.13. The van der Waals surface area contributed by atoms with Crippen molar-refractivity contribution in [3.8, 4) is 0 Å². The molecule has 1 aromatic carbocycles. The van der Waals surface area contributed by atoms with Gasteiger partial charge in [0.05, 0.1) is 0 Å². The van der Waals surface area contributed by atoms with Crippen LogP contribution in [0, 0.1) is 0 Å². The number of anilines is 1. The van der Waals surface area contributed by atoms with Crippen molar-refractivity contribution in [2.24, 2.45) is 5.73 Å². The summed E-state index contributed by atoms with van der Waals surface area (Å²) in [6.07, 6.45) is 0. The highest BCUT2D eigenvalue weighted by molar-refractivity contribution is 5.72. The first-order valence-corrected chi connectivity index (χ1v) is 4.91. The lowest BCUT2D eigenvalue weighted by atomic mass is 10.2. The highest BCUT2D eigenvalue weighted by Crippen LogP contribution is 2.11. The summed E-state index contributed by atoms with van der Waals surface area (Å²) in [6.45, 7) is 4.35. The molecule has 0 radical (unpaired) electrons. The lowest BCUT2D eigenvalue weighted by molar-refractivity contribution is 0.189. The van der Waals surface area contributed by atoms with Gasteiger partial charge in [-0.2, -0.15) is 0 Å². The molecule has 0 bridgehead atoms. The van der Waals surface area contributed by atoms with Crippen LogP contribution >= 0.6 is 0 Å². The second-order valence-corrected chi connectivity index (χ2v) is 3.80. The standard InChI is InChI=1S/C11H17N3O/c1-8(2)14(11(13)15)7-9-4-3-5-10(12)6-9/h3-6,8H,7,12H2,1-2H3,(H2,13,15). The molecule has 0 heterocycles. The molecule has 1 rings (SSSR count). The minimum atomic E-state index is -0.410. The maximum Gasteiger partial charge on any atom is 0.315 e. The molecule has 0 aliphatic carbocycles. The van der Waals surface area contributed by atoms with Crippen LogP contribution in [0.5, 0.6) is 0 Å². The van der Waals surface area contributed by atoms with Gasteiger partial charge in [-0.15, -0.1) is 0 Å². The summed E-state index contributed by atoms with van der Waals surface area (Å²) in [5, 5.41) is 0. The van der Waals surface area contributed by atoms with Gasteiger partial charge in [-0.05, 0) is 31.5 Å². The number of hydrogen-bond donors (Lipinski definition) is 2. The predicted molar refractivity (Wildman–Crippen MR) is 61.1 cm³/mol. The van der Waals surface area contributed by atoms with Crippen LogP contribution in [-0.4, -0.2) is 17.0 Å². The lowest BCUT2D eigenvalue weighted by Crippen LogP contribution is -2.40. The normalized spacial score (nSPS) is 10.3. The summed E-state index contributed by atoms with van der Waals surface area (Å²) in [6, 6.07) is 7.13. The molecular formula is C11H17N3O. The quantitative estimate of drug-likeness (QED) is 0.738. The number of primary amides is 1. The average Bonchev–Trinajstić information content (AvgIpc) is 2.13. The van der Waals surface area contributed by atoms with Crippen molar-refractivity contribution in [1.82, 2.24) is 4.90 Å². The van der Waals surface area contributed by atoms with Crippen LogP contribution in [0.25, 0.3) is 0 Å². The van der Waals surface area contributed by atoms with Crippen molar-refractivity contribution in [3.05, 3.63) is 29.8 Å².